The first-order valence-electron chi connectivity index (χ1n) is 7.38. The number of phenols is 4. The predicted molar refractivity (Wildman–Crippen MR) is 87.2 cm³/mol. The zero-order chi connectivity index (χ0) is 19.3. The molecule has 2 aromatic rings. The van der Waals surface area contributed by atoms with Crippen molar-refractivity contribution in [2.45, 2.75) is 12.5 Å². The molecule has 9 heteroatoms. The predicted octanol–water partition coefficient (Wildman–Crippen LogP) is -2.57. The number of carboxylic acid groups (broad SMARTS) is 1. The van der Waals surface area contributed by atoms with E-state index in [0.29, 0.717) is 11.1 Å². The maximum Gasteiger partial charge on any atom is 1.00 e. The Hall–Kier alpha value is -2.68. The van der Waals surface area contributed by atoms with Crippen LogP contribution in [0, 0.1) is 0 Å². The van der Waals surface area contributed by atoms with Crippen LogP contribution in [-0.2, 0) is 20.7 Å². The molecule has 0 saturated heterocycles. The Bertz CT molecular complexity index is 862. The second-order valence-corrected chi connectivity index (χ2v) is 5.35. The van der Waals surface area contributed by atoms with Crippen LogP contribution in [-0.4, -0.2) is 38.5 Å². The molecule has 1 unspecified atom stereocenters. The Labute approximate surface area is 176 Å². The molecule has 0 amide bonds. The van der Waals surface area contributed by atoms with Crippen molar-refractivity contribution in [1.82, 2.24) is 0 Å². The molecule has 4 N–H and O–H groups in total. The molecular formula is C18H15NaO8. The maximum atomic E-state index is 11.8. The van der Waals surface area contributed by atoms with Gasteiger partial charge in [0, 0.05) is 12.5 Å². The van der Waals surface area contributed by atoms with Crippen LogP contribution >= 0.6 is 0 Å². The van der Waals surface area contributed by atoms with Gasteiger partial charge in [0.05, 0.1) is 5.97 Å². The van der Waals surface area contributed by atoms with Crippen LogP contribution in [0.4, 0.5) is 0 Å². The van der Waals surface area contributed by atoms with Gasteiger partial charge in [-0.3, -0.25) is 0 Å². The molecule has 136 valence electrons. The van der Waals surface area contributed by atoms with Crippen molar-refractivity contribution in [3.63, 3.8) is 0 Å². The van der Waals surface area contributed by atoms with E-state index in [4.69, 9.17) is 4.74 Å². The van der Waals surface area contributed by atoms with Gasteiger partial charge in [0.25, 0.3) is 0 Å². The summed E-state index contributed by atoms with van der Waals surface area (Å²) in [6.07, 6.45) is 0.343. The van der Waals surface area contributed by atoms with Gasteiger partial charge in [-0.25, -0.2) is 4.79 Å². The molecule has 0 aliphatic rings. The topological polar surface area (TPSA) is 147 Å². The third kappa shape index (κ3) is 6.52. The number of phenolic OH excluding ortho intramolecular Hbond substituents is 4. The van der Waals surface area contributed by atoms with Gasteiger partial charge in [-0.15, -0.1) is 0 Å². The number of hydrogen-bond donors (Lipinski definition) is 4. The zero-order valence-corrected chi connectivity index (χ0v) is 16.3. The molecule has 0 aliphatic carbocycles. The van der Waals surface area contributed by atoms with E-state index < -0.39 is 23.8 Å². The molecule has 0 radical (unpaired) electrons. The average molecular weight is 382 g/mol. The summed E-state index contributed by atoms with van der Waals surface area (Å²) in [6.45, 7) is 0. The monoisotopic (exact) mass is 382 g/mol. The number of carboxylic acids is 1. The summed E-state index contributed by atoms with van der Waals surface area (Å²) in [6, 6.07) is 7.54. The smallest absolute Gasteiger partial charge is 0.546 e. The van der Waals surface area contributed by atoms with E-state index in [0.717, 1.165) is 12.1 Å². The fourth-order valence-corrected chi connectivity index (χ4v) is 2.07. The first kappa shape index (κ1) is 22.4. The summed E-state index contributed by atoms with van der Waals surface area (Å²) in [4.78, 5) is 23.0. The van der Waals surface area contributed by atoms with Crippen LogP contribution in [0.5, 0.6) is 23.0 Å². The van der Waals surface area contributed by atoms with Crippen LogP contribution in [0.15, 0.2) is 42.5 Å². The summed E-state index contributed by atoms with van der Waals surface area (Å²) in [7, 11) is 0. The third-order valence-electron chi connectivity index (χ3n) is 3.39. The fraction of sp³-hybridized carbons (Fsp3) is 0.111. The number of aromatic hydroxyl groups is 4. The summed E-state index contributed by atoms with van der Waals surface area (Å²) < 4.78 is 4.82. The van der Waals surface area contributed by atoms with Gasteiger partial charge < -0.3 is 35.1 Å². The van der Waals surface area contributed by atoms with Crippen molar-refractivity contribution in [2.24, 2.45) is 0 Å². The number of esters is 1. The number of benzene rings is 2. The Kier molecular flexibility index (Phi) is 8.17. The van der Waals surface area contributed by atoms with Gasteiger partial charge in [-0.1, -0.05) is 12.1 Å². The molecule has 0 saturated carbocycles. The van der Waals surface area contributed by atoms with E-state index >= 15 is 0 Å². The van der Waals surface area contributed by atoms with Crippen molar-refractivity contribution >= 4 is 18.0 Å². The third-order valence-corrected chi connectivity index (χ3v) is 3.39. The number of ether oxygens (including phenoxy) is 1. The average Bonchev–Trinajstić information content (AvgIpc) is 2.58. The summed E-state index contributed by atoms with van der Waals surface area (Å²) in [5.41, 5.74) is 0.695. The van der Waals surface area contributed by atoms with E-state index in [9.17, 15) is 35.1 Å². The molecule has 0 aromatic heterocycles. The second-order valence-electron chi connectivity index (χ2n) is 5.35. The van der Waals surface area contributed by atoms with Crippen LogP contribution < -0.4 is 34.7 Å². The van der Waals surface area contributed by atoms with Gasteiger partial charge in [0.1, 0.15) is 6.10 Å². The number of carbonyl (C=O) groups is 2. The first-order valence-corrected chi connectivity index (χ1v) is 7.38. The van der Waals surface area contributed by atoms with Crippen LogP contribution in [0.25, 0.3) is 6.08 Å². The number of aliphatic carboxylic acids is 1. The maximum absolute atomic E-state index is 11.8. The van der Waals surface area contributed by atoms with Crippen molar-refractivity contribution in [2.75, 3.05) is 0 Å². The van der Waals surface area contributed by atoms with Crippen molar-refractivity contribution in [1.29, 1.82) is 0 Å². The van der Waals surface area contributed by atoms with Crippen LogP contribution in [0.1, 0.15) is 11.1 Å². The van der Waals surface area contributed by atoms with Crippen LogP contribution in [0.2, 0.25) is 0 Å². The number of rotatable bonds is 6. The van der Waals surface area contributed by atoms with Crippen molar-refractivity contribution < 1.29 is 69.4 Å². The molecule has 0 fully saturated rings. The Morgan fingerprint density at radius 3 is 2.11 bits per heavy atom. The summed E-state index contributed by atoms with van der Waals surface area (Å²) in [5.74, 6) is -4.08. The van der Waals surface area contributed by atoms with Crippen LogP contribution in [0.3, 0.4) is 0 Å². The Morgan fingerprint density at radius 2 is 1.56 bits per heavy atom. The SMILES string of the molecule is O=C(C=Cc1ccc(O)c(O)c1)OC(Cc1ccc(O)c(O)c1)C(=O)[O-].[Na+]. The van der Waals surface area contributed by atoms with Gasteiger partial charge in [0.2, 0.25) is 0 Å². The zero-order valence-electron chi connectivity index (χ0n) is 14.3. The Balaban J connectivity index is 0.00000364. The fourth-order valence-electron chi connectivity index (χ4n) is 2.07. The van der Waals surface area contributed by atoms with E-state index in [2.05, 4.69) is 0 Å². The summed E-state index contributed by atoms with van der Waals surface area (Å²) in [5, 5.41) is 48.4. The normalized spacial score (nSPS) is 11.6. The molecule has 0 bridgehead atoms. The van der Waals surface area contributed by atoms with Crippen molar-refractivity contribution in [3.8, 4) is 23.0 Å². The van der Waals surface area contributed by atoms with Crippen molar-refractivity contribution in [3.05, 3.63) is 53.6 Å². The van der Waals surface area contributed by atoms with Gasteiger partial charge in [-0.2, -0.15) is 0 Å². The van der Waals surface area contributed by atoms with Gasteiger partial charge in [0.15, 0.2) is 23.0 Å². The minimum atomic E-state index is -1.62. The summed E-state index contributed by atoms with van der Waals surface area (Å²) >= 11 is 0. The number of carbonyl (C=O) groups excluding carboxylic acids is 2. The largest absolute Gasteiger partial charge is 1.00 e. The minimum Gasteiger partial charge on any atom is -0.546 e. The van der Waals surface area contributed by atoms with E-state index in [1.54, 1.807) is 0 Å². The molecular weight excluding hydrogens is 367 g/mol. The van der Waals surface area contributed by atoms with E-state index in [1.165, 1.54) is 36.4 Å². The molecule has 27 heavy (non-hydrogen) atoms. The molecule has 8 nitrogen and oxygen atoms in total. The van der Waals surface area contributed by atoms with Gasteiger partial charge >= 0.3 is 35.5 Å². The molecule has 1 atom stereocenters. The van der Waals surface area contributed by atoms with E-state index in [-0.39, 0.29) is 53.2 Å². The van der Waals surface area contributed by atoms with E-state index in [1.807, 2.05) is 0 Å². The molecule has 0 aliphatic heterocycles. The minimum absolute atomic E-state index is 0. The molecule has 0 spiro atoms. The molecule has 2 aromatic carbocycles. The quantitative estimate of drug-likeness (QED) is 0.184. The first-order chi connectivity index (χ1) is 12.3. The molecule has 2 rings (SSSR count). The Morgan fingerprint density at radius 1 is 0.963 bits per heavy atom. The number of hydrogen-bond acceptors (Lipinski definition) is 8. The standard InChI is InChI=1S/C18H16O8.Na/c19-12-4-1-10(7-14(12)21)3-6-17(23)26-16(18(24)25)9-11-2-5-13(20)15(22)8-11;/h1-8,16,19-22H,9H2,(H,24,25);/q;+1/p-1. The van der Waals surface area contributed by atoms with Gasteiger partial charge in [-0.05, 0) is 41.5 Å². The second kappa shape index (κ2) is 9.86. The molecule has 0 heterocycles.